The van der Waals surface area contributed by atoms with Gasteiger partial charge in [0.15, 0.2) is 0 Å². The van der Waals surface area contributed by atoms with Gasteiger partial charge in [-0.3, -0.25) is 0 Å². The zero-order valence-electron chi connectivity index (χ0n) is 19.0. The predicted molar refractivity (Wildman–Crippen MR) is 131 cm³/mol. The highest BCUT2D eigenvalue weighted by atomic mass is 35.5. The second-order valence-corrected chi connectivity index (χ2v) is 10.8. The Morgan fingerprint density at radius 2 is 1.48 bits per heavy atom. The zero-order valence-corrected chi connectivity index (χ0v) is 19.8. The van der Waals surface area contributed by atoms with Gasteiger partial charge < -0.3 is 0 Å². The Morgan fingerprint density at radius 3 is 2.23 bits per heavy atom. The number of rotatable bonds is 7. The van der Waals surface area contributed by atoms with Crippen LogP contribution in [0.25, 0.3) is 0 Å². The highest BCUT2D eigenvalue weighted by molar-refractivity contribution is 6.30. The quantitative estimate of drug-likeness (QED) is 0.403. The van der Waals surface area contributed by atoms with Gasteiger partial charge in [0.25, 0.3) is 0 Å². The Labute approximate surface area is 193 Å². The van der Waals surface area contributed by atoms with Crippen molar-refractivity contribution in [1.29, 1.82) is 0 Å². The molecule has 31 heavy (non-hydrogen) atoms. The molecule has 0 N–H and O–H groups in total. The lowest BCUT2D eigenvalue weighted by molar-refractivity contribution is 0.153. The maximum atomic E-state index is 15.4. The molecule has 0 saturated heterocycles. The molecular formula is C29H38ClF. The van der Waals surface area contributed by atoms with Crippen LogP contribution in [-0.4, -0.2) is 6.17 Å². The van der Waals surface area contributed by atoms with Gasteiger partial charge in [-0.2, -0.15) is 0 Å². The molecule has 2 aliphatic carbocycles. The van der Waals surface area contributed by atoms with Gasteiger partial charge in [-0.1, -0.05) is 93.4 Å². The summed E-state index contributed by atoms with van der Waals surface area (Å²) >= 11 is 6.01. The molecule has 3 unspecified atom stereocenters. The molecule has 168 valence electrons. The van der Waals surface area contributed by atoms with Crippen LogP contribution in [0.4, 0.5) is 4.39 Å². The highest BCUT2D eigenvalue weighted by Crippen LogP contribution is 2.42. The molecule has 2 aromatic carbocycles. The summed E-state index contributed by atoms with van der Waals surface area (Å²) in [6.07, 6.45) is 12.4. The van der Waals surface area contributed by atoms with Crippen LogP contribution in [0.3, 0.4) is 0 Å². The van der Waals surface area contributed by atoms with Crippen molar-refractivity contribution in [3.63, 3.8) is 0 Å². The van der Waals surface area contributed by atoms with Crippen LogP contribution in [0.15, 0.2) is 48.5 Å². The van der Waals surface area contributed by atoms with Gasteiger partial charge in [0.1, 0.15) is 6.17 Å². The first-order valence-electron chi connectivity index (χ1n) is 12.5. The summed E-state index contributed by atoms with van der Waals surface area (Å²) in [6, 6.07) is 16.7. The minimum absolute atomic E-state index is 0.0770. The molecule has 2 saturated carbocycles. The van der Waals surface area contributed by atoms with Gasteiger partial charge >= 0.3 is 0 Å². The summed E-state index contributed by atoms with van der Waals surface area (Å²) in [6.45, 7) is 2.39. The van der Waals surface area contributed by atoms with E-state index in [4.69, 9.17) is 11.6 Å². The SMILES string of the molecule is C[C@H]1CC[C@H](CCC2CCC(c3ccccc3CCc3ccc(Cl)cc3)C(F)C2)CC1. The molecule has 0 amide bonds. The lowest BCUT2D eigenvalue weighted by Crippen LogP contribution is -2.26. The Morgan fingerprint density at radius 1 is 0.806 bits per heavy atom. The molecular weight excluding hydrogens is 403 g/mol. The first kappa shape index (κ1) is 22.8. The third kappa shape index (κ3) is 6.35. The average Bonchev–Trinajstić information content (AvgIpc) is 2.79. The normalized spacial score (nSPS) is 29.1. The average molecular weight is 441 g/mol. The molecule has 2 aromatic rings. The van der Waals surface area contributed by atoms with Gasteiger partial charge in [-0.25, -0.2) is 4.39 Å². The molecule has 0 aromatic heterocycles. The van der Waals surface area contributed by atoms with Crippen LogP contribution in [0, 0.1) is 17.8 Å². The largest absolute Gasteiger partial charge is 0.247 e. The molecule has 0 heterocycles. The van der Waals surface area contributed by atoms with Crippen molar-refractivity contribution >= 4 is 11.6 Å². The number of hydrogen-bond donors (Lipinski definition) is 0. The smallest absolute Gasteiger partial charge is 0.107 e. The van der Waals surface area contributed by atoms with Gasteiger partial charge in [0, 0.05) is 10.9 Å². The fourth-order valence-corrected chi connectivity index (χ4v) is 6.08. The van der Waals surface area contributed by atoms with Crippen LogP contribution in [-0.2, 0) is 12.8 Å². The Kier molecular flexibility index (Phi) is 8.10. The number of aryl methyl sites for hydroxylation is 2. The van der Waals surface area contributed by atoms with Crippen molar-refractivity contribution in [3.05, 3.63) is 70.2 Å². The first-order chi connectivity index (χ1) is 15.1. The maximum absolute atomic E-state index is 15.4. The maximum Gasteiger partial charge on any atom is 0.107 e. The summed E-state index contributed by atoms with van der Waals surface area (Å²) in [5.41, 5.74) is 3.86. The molecule has 0 bridgehead atoms. The van der Waals surface area contributed by atoms with Gasteiger partial charge in [-0.15, -0.1) is 0 Å². The van der Waals surface area contributed by atoms with E-state index < -0.39 is 6.17 Å². The minimum Gasteiger partial charge on any atom is -0.247 e. The lowest BCUT2D eigenvalue weighted by atomic mass is 9.73. The van der Waals surface area contributed by atoms with Gasteiger partial charge in [-0.05, 0) is 78.7 Å². The Hall–Kier alpha value is -1.34. The van der Waals surface area contributed by atoms with Crippen molar-refractivity contribution in [1.82, 2.24) is 0 Å². The molecule has 4 rings (SSSR count). The van der Waals surface area contributed by atoms with E-state index in [-0.39, 0.29) is 5.92 Å². The van der Waals surface area contributed by atoms with Crippen molar-refractivity contribution in [2.75, 3.05) is 0 Å². The van der Waals surface area contributed by atoms with Crippen LogP contribution >= 0.6 is 11.6 Å². The van der Waals surface area contributed by atoms with E-state index in [0.717, 1.165) is 42.5 Å². The van der Waals surface area contributed by atoms with E-state index in [9.17, 15) is 0 Å². The molecule has 0 spiro atoms. The van der Waals surface area contributed by atoms with Crippen LogP contribution < -0.4 is 0 Å². The third-order valence-corrected chi connectivity index (χ3v) is 8.30. The standard InChI is InChI=1S/C29H38ClF/c1-21-6-8-22(9-7-21)10-11-24-15-19-28(29(31)20-24)27-5-3-2-4-25(27)16-12-23-13-17-26(30)18-14-23/h2-5,13-14,17-18,21-22,24,28-29H,6-12,15-16,19-20H2,1H3/t21-,22-,24?,28?,29?. The van der Waals surface area contributed by atoms with Crippen molar-refractivity contribution < 1.29 is 4.39 Å². The third-order valence-electron chi connectivity index (χ3n) is 8.05. The zero-order chi connectivity index (χ0) is 21.6. The van der Waals surface area contributed by atoms with Crippen molar-refractivity contribution in [2.24, 2.45) is 17.8 Å². The van der Waals surface area contributed by atoms with Gasteiger partial charge in [0.05, 0.1) is 0 Å². The summed E-state index contributed by atoms with van der Waals surface area (Å²) in [4.78, 5) is 0. The summed E-state index contributed by atoms with van der Waals surface area (Å²) in [7, 11) is 0. The minimum atomic E-state index is -0.693. The molecule has 0 radical (unpaired) electrons. The molecule has 3 atom stereocenters. The van der Waals surface area contributed by atoms with Crippen molar-refractivity contribution in [3.8, 4) is 0 Å². The molecule has 0 nitrogen and oxygen atoms in total. The van der Waals surface area contributed by atoms with E-state index in [2.05, 4.69) is 43.3 Å². The highest BCUT2D eigenvalue weighted by Gasteiger charge is 2.33. The topological polar surface area (TPSA) is 0 Å². The molecule has 2 fully saturated rings. The Balaban J connectivity index is 1.31. The molecule has 2 aliphatic rings. The monoisotopic (exact) mass is 440 g/mol. The Bertz CT molecular complexity index is 806. The van der Waals surface area contributed by atoms with E-state index in [1.54, 1.807) is 0 Å². The second-order valence-electron chi connectivity index (χ2n) is 10.3. The second kappa shape index (κ2) is 11.0. The number of hydrogen-bond acceptors (Lipinski definition) is 0. The predicted octanol–water partition coefficient (Wildman–Crippen LogP) is 8.95. The summed E-state index contributed by atoms with van der Waals surface area (Å²) in [5.74, 6) is 2.49. The number of halogens is 2. The first-order valence-corrected chi connectivity index (χ1v) is 12.9. The van der Waals surface area contributed by atoms with Crippen LogP contribution in [0.1, 0.15) is 87.3 Å². The van der Waals surface area contributed by atoms with E-state index >= 15 is 4.39 Å². The van der Waals surface area contributed by atoms with E-state index in [1.807, 2.05) is 12.1 Å². The van der Waals surface area contributed by atoms with E-state index in [0.29, 0.717) is 5.92 Å². The fourth-order valence-electron chi connectivity index (χ4n) is 5.95. The van der Waals surface area contributed by atoms with Gasteiger partial charge in [0.2, 0.25) is 0 Å². The van der Waals surface area contributed by atoms with E-state index in [1.165, 1.54) is 61.6 Å². The van der Waals surface area contributed by atoms with Crippen molar-refractivity contribution in [2.45, 2.75) is 89.6 Å². The number of benzene rings is 2. The molecule has 2 heteroatoms. The summed E-state index contributed by atoms with van der Waals surface area (Å²) < 4.78 is 15.4. The van der Waals surface area contributed by atoms with Crippen LogP contribution in [0.5, 0.6) is 0 Å². The fraction of sp³-hybridized carbons (Fsp3) is 0.586. The lowest BCUT2D eigenvalue weighted by Gasteiger charge is -2.34. The number of alkyl halides is 1. The summed E-state index contributed by atoms with van der Waals surface area (Å²) in [5, 5.41) is 0.777. The molecule has 0 aliphatic heterocycles. The van der Waals surface area contributed by atoms with Crippen LogP contribution in [0.2, 0.25) is 5.02 Å².